The normalized spacial score (nSPS) is 37.2. The van der Waals surface area contributed by atoms with Gasteiger partial charge in [-0.25, -0.2) is 0 Å². The van der Waals surface area contributed by atoms with Gasteiger partial charge in [-0.3, -0.25) is 0 Å². The fraction of sp³-hybridized carbons (Fsp3) is 1.00. The molecule has 0 aromatic heterocycles. The summed E-state index contributed by atoms with van der Waals surface area (Å²) in [5, 5.41) is 0.502. The topological polar surface area (TPSA) is 75.7 Å². The molecular formula is C6H14NO3PS. The van der Waals surface area contributed by atoms with Crippen LogP contribution in [0.4, 0.5) is 0 Å². The summed E-state index contributed by atoms with van der Waals surface area (Å²) >= 11 is 1.71. The molecule has 1 aliphatic rings. The molecule has 6 heteroatoms. The molecule has 1 rings (SSSR count). The molecule has 1 fully saturated rings. The Morgan fingerprint density at radius 3 is 2.67 bits per heavy atom. The van der Waals surface area contributed by atoms with Crippen LogP contribution in [0.2, 0.25) is 0 Å². The smallest absolute Gasteiger partial charge is 0.327 e. The predicted molar refractivity (Wildman–Crippen MR) is 50.5 cm³/mol. The van der Waals surface area contributed by atoms with Crippen molar-refractivity contribution >= 4 is 20.4 Å². The Morgan fingerprint density at radius 1 is 1.50 bits per heavy atom. The van der Waals surface area contributed by atoms with Crippen LogP contribution >= 0.6 is 20.4 Å². The first-order valence-electron chi connectivity index (χ1n) is 3.83. The van der Waals surface area contributed by atoms with E-state index in [0.717, 1.165) is 6.42 Å². The summed E-state index contributed by atoms with van der Waals surface area (Å²) in [5.41, 5.74) is 5.72. The molecule has 0 aromatic rings. The molecule has 0 aliphatic carbocycles. The highest BCUT2D eigenvalue weighted by atomic mass is 32.2. The number of thioether (sulfide) groups is 1. The van der Waals surface area contributed by atoms with Crippen LogP contribution in [0.3, 0.4) is 0 Å². The van der Waals surface area contributed by atoms with E-state index in [2.05, 4.69) is 6.92 Å². The fourth-order valence-corrected chi connectivity index (χ4v) is 3.04. The van der Waals surface area contributed by atoms with E-state index in [1.807, 2.05) is 0 Å². The van der Waals surface area contributed by atoms with E-state index in [1.54, 1.807) is 11.8 Å². The minimum Gasteiger partial charge on any atom is -0.328 e. The van der Waals surface area contributed by atoms with Crippen LogP contribution in [-0.2, 0) is 4.52 Å². The quantitative estimate of drug-likeness (QED) is 0.588. The summed E-state index contributed by atoms with van der Waals surface area (Å²) in [7, 11) is -2.23. The van der Waals surface area contributed by atoms with Crippen molar-refractivity contribution in [2.75, 3.05) is 0 Å². The van der Waals surface area contributed by atoms with E-state index >= 15 is 0 Å². The maximum atomic E-state index is 8.63. The second-order valence-corrected chi connectivity index (χ2v) is 5.34. The molecule has 4 N–H and O–H groups in total. The molecule has 4 nitrogen and oxygen atoms in total. The molecule has 72 valence electrons. The summed E-state index contributed by atoms with van der Waals surface area (Å²) in [6.45, 7) is 2.07. The standard InChI is InChI=1S/C6H14NO3PS/c1-4-2-5(10-11(8)9)3-6(7)12-4/h4-6,8-9H,2-3,7H2,1H3. The first-order valence-corrected chi connectivity index (χ1v) is 5.94. The van der Waals surface area contributed by atoms with Crippen LogP contribution in [0.5, 0.6) is 0 Å². The lowest BCUT2D eigenvalue weighted by molar-refractivity contribution is 0.150. The van der Waals surface area contributed by atoms with Crippen LogP contribution in [0.15, 0.2) is 0 Å². The fourth-order valence-electron chi connectivity index (χ4n) is 1.35. The first kappa shape index (κ1) is 10.7. The number of rotatable bonds is 2. The van der Waals surface area contributed by atoms with Gasteiger partial charge in [-0.05, 0) is 12.8 Å². The van der Waals surface area contributed by atoms with E-state index in [9.17, 15) is 0 Å². The van der Waals surface area contributed by atoms with Crippen LogP contribution in [0, 0.1) is 0 Å². The highest BCUT2D eigenvalue weighted by Crippen LogP contribution is 2.36. The Labute approximate surface area is 77.5 Å². The molecule has 12 heavy (non-hydrogen) atoms. The van der Waals surface area contributed by atoms with Gasteiger partial charge in [0.25, 0.3) is 0 Å². The lowest BCUT2D eigenvalue weighted by Gasteiger charge is -2.30. The van der Waals surface area contributed by atoms with Gasteiger partial charge in [0.05, 0.1) is 11.5 Å². The highest BCUT2D eigenvalue weighted by molar-refractivity contribution is 8.00. The van der Waals surface area contributed by atoms with Gasteiger partial charge in [-0.1, -0.05) is 6.92 Å². The molecule has 0 amide bonds. The van der Waals surface area contributed by atoms with Crippen molar-refractivity contribution in [1.82, 2.24) is 0 Å². The van der Waals surface area contributed by atoms with Gasteiger partial charge in [0.2, 0.25) is 0 Å². The third-order valence-electron chi connectivity index (χ3n) is 1.74. The molecule has 1 saturated heterocycles. The zero-order valence-corrected chi connectivity index (χ0v) is 8.59. The zero-order chi connectivity index (χ0) is 9.14. The van der Waals surface area contributed by atoms with E-state index in [0.29, 0.717) is 11.7 Å². The maximum Gasteiger partial charge on any atom is 0.327 e. The second kappa shape index (κ2) is 4.74. The second-order valence-electron chi connectivity index (χ2n) is 2.94. The van der Waals surface area contributed by atoms with Gasteiger partial charge in [0.1, 0.15) is 0 Å². The first-order chi connectivity index (χ1) is 5.58. The number of nitrogens with two attached hydrogens (primary N) is 1. The summed E-state index contributed by atoms with van der Waals surface area (Å²) in [6.07, 6.45) is 1.46. The monoisotopic (exact) mass is 211 g/mol. The predicted octanol–water partition coefficient (Wildman–Crippen LogP) is 0.783. The van der Waals surface area contributed by atoms with Crippen molar-refractivity contribution in [2.24, 2.45) is 5.73 Å². The van der Waals surface area contributed by atoms with Crippen molar-refractivity contribution in [2.45, 2.75) is 36.5 Å². The minimum absolute atomic E-state index is 0.0636. The molecule has 0 aromatic carbocycles. The molecule has 1 aliphatic heterocycles. The molecule has 0 spiro atoms. The van der Waals surface area contributed by atoms with E-state index < -0.39 is 8.60 Å². The van der Waals surface area contributed by atoms with Gasteiger partial charge < -0.3 is 20.0 Å². The lowest BCUT2D eigenvalue weighted by Crippen LogP contribution is -2.33. The summed E-state index contributed by atoms with van der Waals surface area (Å²) < 4.78 is 4.91. The van der Waals surface area contributed by atoms with Crippen molar-refractivity contribution < 1.29 is 14.3 Å². The minimum atomic E-state index is -2.23. The molecule has 1 heterocycles. The van der Waals surface area contributed by atoms with Crippen LogP contribution in [0.1, 0.15) is 19.8 Å². The van der Waals surface area contributed by atoms with Crippen LogP contribution in [-0.4, -0.2) is 26.5 Å². The average molecular weight is 211 g/mol. The largest absolute Gasteiger partial charge is 0.328 e. The van der Waals surface area contributed by atoms with Crippen molar-refractivity contribution in [3.8, 4) is 0 Å². The van der Waals surface area contributed by atoms with Crippen LogP contribution in [0.25, 0.3) is 0 Å². The molecule has 3 unspecified atom stereocenters. The van der Waals surface area contributed by atoms with Gasteiger partial charge in [-0.2, -0.15) is 0 Å². The summed E-state index contributed by atoms with van der Waals surface area (Å²) in [4.78, 5) is 17.3. The van der Waals surface area contributed by atoms with Crippen molar-refractivity contribution in [3.05, 3.63) is 0 Å². The SMILES string of the molecule is CC1CC(OP(O)O)CC(N)S1. The van der Waals surface area contributed by atoms with Gasteiger partial charge in [0, 0.05) is 5.25 Å². The Bertz CT molecular complexity index is 136. The van der Waals surface area contributed by atoms with E-state index in [1.165, 1.54) is 0 Å². The Balaban J connectivity index is 2.34. The van der Waals surface area contributed by atoms with Gasteiger partial charge in [0.15, 0.2) is 0 Å². The summed E-state index contributed by atoms with van der Waals surface area (Å²) in [6, 6.07) is 0. The molecular weight excluding hydrogens is 197 g/mol. The Morgan fingerprint density at radius 2 is 2.17 bits per heavy atom. The third-order valence-corrected chi connectivity index (χ3v) is 3.43. The number of hydrogen-bond acceptors (Lipinski definition) is 5. The highest BCUT2D eigenvalue weighted by Gasteiger charge is 2.26. The zero-order valence-electron chi connectivity index (χ0n) is 6.88. The summed E-state index contributed by atoms with van der Waals surface area (Å²) in [5.74, 6) is 0. The lowest BCUT2D eigenvalue weighted by atomic mass is 10.1. The van der Waals surface area contributed by atoms with Gasteiger partial charge >= 0.3 is 8.60 Å². The Kier molecular flexibility index (Phi) is 4.23. The van der Waals surface area contributed by atoms with E-state index in [4.69, 9.17) is 20.0 Å². The molecule has 0 saturated carbocycles. The Hall–Kier alpha value is 0.620. The molecule has 0 radical (unpaired) electrons. The third kappa shape index (κ3) is 3.56. The number of hydrogen-bond donors (Lipinski definition) is 3. The van der Waals surface area contributed by atoms with Crippen molar-refractivity contribution in [3.63, 3.8) is 0 Å². The van der Waals surface area contributed by atoms with Crippen molar-refractivity contribution in [1.29, 1.82) is 0 Å². The average Bonchev–Trinajstić information content (AvgIpc) is 1.81. The molecule has 0 bridgehead atoms. The van der Waals surface area contributed by atoms with Crippen LogP contribution < -0.4 is 5.73 Å². The van der Waals surface area contributed by atoms with E-state index in [-0.39, 0.29) is 11.5 Å². The molecule has 3 atom stereocenters. The maximum absolute atomic E-state index is 8.63. The van der Waals surface area contributed by atoms with Gasteiger partial charge in [-0.15, -0.1) is 11.8 Å².